The number of aromatic nitrogens is 2. The Balaban J connectivity index is 0.00000784. The van der Waals surface area contributed by atoms with Gasteiger partial charge >= 0.3 is 6.09 Å². The first kappa shape index (κ1) is 27.4. The lowest BCUT2D eigenvalue weighted by molar-refractivity contribution is 0.0452. The molecule has 0 saturated carbocycles. The maximum atomic E-state index is 12.3. The summed E-state index contributed by atoms with van der Waals surface area (Å²) in [6, 6.07) is 0. The second kappa shape index (κ2) is 12.9. The quantitative estimate of drug-likeness (QED) is 0.258. The first-order valence-corrected chi connectivity index (χ1v) is 9.95. The van der Waals surface area contributed by atoms with Gasteiger partial charge in [-0.2, -0.15) is 4.98 Å². The number of nitrogens with zero attached hydrogens (tertiary/aromatic N) is 3. The van der Waals surface area contributed by atoms with Crippen LogP contribution in [0.25, 0.3) is 0 Å². The standard InChI is InChI=1S/C19H36N6O3.HI/c1-8-19(9-2,24-17(26)27-18(5,6)7)13-22-16(20-10-3)21-12-11-15-23-14(4)25-28-15;/h8-13H2,1-7H3,(H,24,26)(H2,20,21,22);1H. The normalized spacial score (nSPS) is 12.2. The highest BCUT2D eigenvalue weighted by Crippen LogP contribution is 2.17. The van der Waals surface area contributed by atoms with Crippen molar-refractivity contribution in [2.75, 3.05) is 19.6 Å². The summed E-state index contributed by atoms with van der Waals surface area (Å²) >= 11 is 0. The fraction of sp³-hybridized carbons (Fsp3) is 0.789. The van der Waals surface area contributed by atoms with Crippen molar-refractivity contribution in [3.8, 4) is 0 Å². The molecular weight excluding hydrogens is 487 g/mol. The van der Waals surface area contributed by atoms with Crippen molar-refractivity contribution < 1.29 is 14.1 Å². The molecule has 0 atom stereocenters. The summed E-state index contributed by atoms with van der Waals surface area (Å²) in [4.78, 5) is 21.1. The number of carbonyl (C=O) groups is 1. The van der Waals surface area contributed by atoms with E-state index in [2.05, 4.69) is 31.1 Å². The smallest absolute Gasteiger partial charge is 0.408 e. The van der Waals surface area contributed by atoms with Crippen LogP contribution in [-0.2, 0) is 11.2 Å². The van der Waals surface area contributed by atoms with Gasteiger partial charge in [-0.1, -0.05) is 19.0 Å². The molecule has 0 fully saturated rings. The summed E-state index contributed by atoms with van der Waals surface area (Å²) < 4.78 is 10.5. The summed E-state index contributed by atoms with van der Waals surface area (Å²) in [5.74, 6) is 1.89. The molecule has 168 valence electrons. The van der Waals surface area contributed by atoms with Crippen molar-refractivity contribution in [1.29, 1.82) is 0 Å². The van der Waals surface area contributed by atoms with E-state index in [4.69, 9.17) is 9.26 Å². The zero-order valence-corrected chi connectivity index (χ0v) is 21.0. The van der Waals surface area contributed by atoms with Crippen LogP contribution in [0.1, 0.15) is 66.1 Å². The van der Waals surface area contributed by atoms with Crippen molar-refractivity contribution in [2.45, 2.75) is 78.9 Å². The number of halogens is 1. The van der Waals surface area contributed by atoms with E-state index < -0.39 is 17.2 Å². The van der Waals surface area contributed by atoms with E-state index in [0.717, 1.165) is 19.4 Å². The Bertz CT molecular complexity index is 638. The minimum atomic E-state index is -0.538. The van der Waals surface area contributed by atoms with Gasteiger partial charge in [0, 0.05) is 19.5 Å². The molecule has 29 heavy (non-hydrogen) atoms. The summed E-state index contributed by atoms with van der Waals surface area (Å²) in [7, 11) is 0. The summed E-state index contributed by atoms with van der Waals surface area (Å²) in [5, 5.41) is 13.3. The van der Waals surface area contributed by atoms with E-state index in [9.17, 15) is 4.79 Å². The van der Waals surface area contributed by atoms with Gasteiger partial charge in [0.15, 0.2) is 11.8 Å². The van der Waals surface area contributed by atoms with Gasteiger partial charge in [-0.25, -0.2) is 4.79 Å². The Morgan fingerprint density at radius 1 is 1.17 bits per heavy atom. The Kier molecular flexibility index (Phi) is 12.2. The minimum absolute atomic E-state index is 0. The fourth-order valence-electron chi connectivity index (χ4n) is 2.51. The highest BCUT2D eigenvalue weighted by molar-refractivity contribution is 14.0. The van der Waals surface area contributed by atoms with Gasteiger partial charge < -0.3 is 25.2 Å². The molecule has 0 spiro atoms. The Labute approximate surface area is 191 Å². The van der Waals surface area contributed by atoms with Crippen LogP contribution < -0.4 is 16.0 Å². The molecule has 0 bridgehead atoms. The van der Waals surface area contributed by atoms with Crippen molar-refractivity contribution in [3.63, 3.8) is 0 Å². The lowest BCUT2D eigenvalue weighted by atomic mass is 9.93. The van der Waals surface area contributed by atoms with Crippen LogP contribution >= 0.6 is 24.0 Å². The largest absolute Gasteiger partial charge is 0.444 e. The summed E-state index contributed by atoms with van der Waals surface area (Å²) in [6.45, 7) is 15.2. The van der Waals surface area contributed by atoms with Crippen LogP contribution in [0, 0.1) is 6.92 Å². The molecular formula is C19H37IN6O3. The van der Waals surface area contributed by atoms with Gasteiger partial charge in [-0.15, -0.1) is 24.0 Å². The number of aryl methyl sites for hydroxylation is 1. The number of alkyl carbamates (subject to hydrolysis) is 1. The van der Waals surface area contributed by atoms with Crippen LogP contribution in [0.15, 0.2) is 9.52 Å². The average Bonchev–Trinajstić information content (AvgIpc) is 3.02. The highest BCUT2D eigenvalue weighted by Gasteiger charge is 2.30. The average molecular weight is 524 g/mol. The van der Waals surface area contributed by atoms with Crippen molar-refractivity contribution in [1.82, 2.24) is 26.1 Å². The van der Waals surface area contributed by atoms with Gasteiger partial charge in [0.1, 0.15) is 5.60 Å². The number of ether oxygens (including phenoxy) is 1. The van der Waals surface area contributed by atoms with Crippen LogP contribution in [0.5, 0.6) is 0 Å². The molecule has 1 heterocycles. The van der Waals surface area contributed by atoms with Crippen molar-refractivity contribution in [2.24, 2.45) is 4.99 Å². The van der Waals surface area contributed by atoms with E-state index in [1.165, 1.54) is 0 Å². The number of guanidine groups is 1. The van der Waals surface area contributed by atoms with Gasteiger partial charge in [0.2, 0.25) is 5.89 Å². The second-order valence-corrected chi connectivity index (χ2v) is 7.72. The molecule has 0 aliphatic rings. The fourth-order valence-corrected chi connectivity index (χ4v) is 2.51. The van der Waals surface area contributed by atoms with E-state index in [1.54, 1.807) is 6.92 Å². The van der Waals surface area contributed by atoms with Gasteiger partial charge in [0.25, 0.3) is 0 Å². The monoisotopic (exact) mass is 524 g/mol. The predicted octanol–water partition coefficient (Wildman–Crippen LogP) is 3.18. The number of hydrogen-bond donors (Lipinski definition) is 3. The van der Waals surface area contributed by atoms with Crippen LogP contribution in [0.4, 0.5) is 4.79 Å². The lowest BCUT2D eigenvalue weighted by Gasteiger charge is -2.32. The second-order valence-electron chi connectivity index (χ2n) is 7.72. The van der Waals surface area contributed by atoms with E-state index in [-0.39, 0.29) is 24.0 Å². The molecule has 1 amide bonds. The number of carbonyl (C=O) groups excluding carboxylic acids is 1. The number of hydrogen-bond acceptors (Lipinski definition) is 6. The van der Waals surface area contributed by atoms with Gasteiger partial charge in [0.05, 0.1) is 12.1 Å². The third kappa shape index (κ3) is 10.7. The molecule has 10 heteroatoms. The highest BCUT2D eigenvalue weighted by atomic mass is 127. The summed E-state index contributed by atoms with van der Waals surface area (Å²) in [5.41, 5.74) is -1.00. The van der Waals surface area contributed by atoms with Crippen LogP contribution in [-0.4, -0.2) is 53.0 Å². The molecule has 0 unspecified atom stereocenters. The molecule has 1 aromatic rings. The van der Waals surface area contributed by atoms with Crippen molar-refractivity contribution >= 4 is 36.0 Å². The number of nitrogens with one attached hydrogen (secondary N) is 3. The first-order chi connectivity index (χ1) is 13.1. The van der Waals surface area contributed by atoms with Crippen LogP contribution in [0.3, 0.4) is 0 Å². The van der Waals surface area contributed by atoms with Crippen molar-refractivity contribution in [3.05, 3.63) is 11.7 Å². The van der Waals surface area contributed by atoms with Crippen LogP contribution in [0.2, 0.25) is 0 Å². The third-order valence-electron chi connectivity index (χ3n) is 4.20. The molecule has 0 radical (unpaired) electrons. The number of amides is 1. The molecule has 0 aliphatic carbocycles. The van der Waals surface area contributed by atoms with Gasteiger partial charge in [-0.05, 0) is 47.5 Å². The minimum Gasteiger partial charge on any atom is -0.444 e. The zero-order valence-electron chi connectivity index (χ0n) is 18.7. The molecule has 0 aromatic carbocycles. The number of rotatable bonds is 9. The summed E-state index contributed by atoms with van der Waals surface area (Å²) in [6.07, 6.45) is 1.67. The first-order valence-electron chi connectivity index (χ1n) is 9.95. The third-order valence-corrected chi connectivity index (χ3v) is 4.20. The Morgan fingerprint density at radius 3 is 2.31 bits per heavy atom. The number of aliphatic imine (C=N–C) groups is 1. The van der Waals surface area contributed by atoms with Gasteiger partial charge in [-0.3, -0.25) is 4.99 Å². The Morgan fingerprint density at radius 2 is 1.83 bits per heavy atom. The molecule has 9 nitrogen and oxygen atoms in total. The maximum absolute atomic E-state index is 12.3. The SMILES string of the molecule is CCNC(=NCC(CC)(CC)NC(=O)OC(C)(C)C)NCCc1nc(C)no1.I. The van der Waals surface area contributed by atoms with E-state index >= 15 is 0 Å². The topological polar surface area (TPSA) is 114 Å². The van der Waals surface area contributed by atoms with E-state index in [1.807, 2.05) is 41.5 Å². The molecule has 1 aromatic heterocycles. The zero-order chi connectivity index (χ0) is 21.2. The molecule has 0 aliphatic heterocycles. The lowest BCUT2D eigenvalue weighted by Crippen LogP contribution is -2.52. The molecule has 0 saturated heterocycles. The predicted molar refractivity (Wildman–Crippen MR) is 125 cm³/mol. The Hall–Kier alpha value is -1.59. The maximum Gasteiger partial charge on any atom is 0.408 e. The molecule has 1 rings (SSSR count). The molecule has 3 N–H and O–H groups in total. The van der Waals surface area contributed by atoms with E-state index in [0.29, 0.717) is 37.2 Å².